The van der Waals surface area contributed by atoms with Gasteiger partial charge in [0.2, 0.25) is 0 Å². The summed E-state index contributed by atoms with van der Waals surface area (Å²) in [6.45, 7) is 8.21. The quantitative estimate of drug-likeness (QED) is 0.272. The molecule has 0 fully saturated rings. The van der Waals surface area contributed by atoms with E-state index in [0.717, 1.165) is 29.1 Å². The number of nitrogens with one attached hydrogen (secondary N) is 2. The van der Waals surface area contributed by atoms with Gasteiger partial charge in [-0.1, -0.05) is 38.1 Å². The lowest BCUT2D eigenvalue weighted by Gasteiger charge is -2.34. The Balaban J connectivity index is 1.52. The van der Waals surface area contributed by atoms with Crippen LogP contribution in [0.5, 0.6) is 17.2 Å². The first-order valence-corrected chi connectivity index (χ1v) is 13.2. The molecule has 0 saturated heterocycles. The molecular weight excluding hydrogens is 494 g/mol. The van der Waals surface area contributed by atoms with Crippen molar-refractivity contribution in [1.82, 2.24) is 0 Å². The molecule has 3 aromatic rings. The Kier molecular flexibility index (Phi) is 5.68. The van der Waals surface area contributed by atoms with Crippen LogP contribution in [0.4, 0.5) is 17.1 Å². The number of benzene rings is 3. The fourth-order valence-corrected chi connectivity index (χ4v) is 5.88. The van der Waals surface area contributed by atoms with Crippen LogP contribution in [0.1, 0.15) is 57.7 Å². The highest BCUT2D eigenvalue weighted by Crippen LogP contribution is 2.49. The number of nitro benzene ring substituents is 1. The lowest BCUT2D eigenvalue weighted by atomic mass is 9.73. The van der Waals surface area contributed by atoms with E-state index in [1.165, 1.54) is 12.1 Å². The van der Waals surface area contributed by atoms with Crippen molar-refractivity contribution >= 4 is 22.8 Å². The molecule has 0 amide bonds. The lowest BCUT2D eigenvalue weighted by molar-refractivity contribution is -0.384. The number of nitro groups is 1. The van der Waals surface area contributed by atoms with Gasteiger partial charge in [0.1, 0.15) is 11.4 Å². The first-order chi connectivity index (χ1) is 18.5. The number of allylic oxidation sites excluding steroid dienone is 1. The van der Waals surface area contributed by atoms with Crippen molar-refractivity contribution in [3.05, 3.63) is 93.2 Å². The largest absolute Gasteiger partial charge is 0.483 e. The Morgan fingerprint density at radius 2 is 1.72 bits per heavy atom. The van der Waals surface area contributed by atoms with Crippen LogP contribution in [0, 0.1) is 15.5 Å². The molecule has 6 rings (SSSR count). The molecule has 2 heterocycles. The van der Waals surface area contributed by atoms with Crippen LogP contribution >= 0.6 is 0 Å². The number of Topliss-reactive ketones (excluding diaryl/α,β-unsaturated/α-hetero) is 1. The summed E-state index contributed by atoms with van der Waals surface area (Å²) in [5.41, 5.74) is 3.94. The molecule has 0 spiro atoms. The van der Waals surface area contributed by atoms with E-state index in [9.17, 15) is 14.9 Å². The number of anilines is 2. The van der Waals surface area contributed by atoms with Crippen molar-refractivity contribution in [3.63, 3.8) is 0 Å². The number of para-hydroxylation sites is 3. The van der Waals surface area contributed by atoms with Crippen LogP contribution in [0.15, 0.2) is 71.9 Å². The summed E-state index contributed by atoms with van der Waals surface area (Å²) in [6, 6.07) is 17.4. The second-order valence-corrected chi connectivity index (χ2v) is 11.9. The number of hydrogen-bond donors (Lipinski definition) is 2. The van der Waals surface area contributed by atoms with E-state index < -0.39 is 11.0 Å². The summed E-state index contributed by atoms with van der Waals surface area (Å²) in [7, 11) is 0. The minimum absolute atomic E-state index is 0.00204. The molecule has 1 atom stereocenters. The molecule has 8 heteroatoms. The summed E-state index contributed by atoms with van der Waals surface area (Å²) >= 11 is 0. The predicted octanol–water partition coefficient (Wildman–Crippen LogP) is 7.32. The van der Waals surface area contributed by atoms with Crippen LogP contribution in [0.2, 0.25) is 0 Å². The maximum Gasteiger partial charge on any atom is 0.270 e. The number of rotatable bonds is 4. The summed E-state index contributed by atoms with van der Waals surface area (Å²) in [6.07, 6.45) is 1.79. The summed E-state index contributed by atoms with van der Waals surface area (Å²) in [5.74, 6) is 1.62. The molecule has 0 radical (unpaired) electrons. The molecule has 200 valence electrons. The van der Waals surface area contributed by atoms with Crippen LogP contribution in [-0.2, 0) is 11.2 Å². The molecule has 1 aliphatic carbocycles. The molecule has 3 aliphatic rings. The van der Waals surface area contributed by atoms with Gasteiger partial charge in [0.05, 0.1) is 22.3 Å². The maximum atomic E-state index is 13.7. The first-order valence-electron chi connectivity index (χ1n) is 13.2. The van der Waals surface area contributed by atoms with Gasteiger partial charge in [-0.15, -0.1) is 0 Å². The van der Waals surface area contributed by atoms with Crippen molar-refractivity contribution < 1.29 is 19.2 Å². The van der Waals surface area contributed by atoms with Crippen molar-refractivity contribution in [2.45, 2.75) is 58.6 Å². The van der Waals surface area contributed by atoms with Crippen molar-refractivity contribution in [3.8, 4) is 17.2 Å². The van der Waals surface area contributed by atoms with Crippen LogP contribution in [0.3, 0.4) is 0 Å². The maximum absolute atomic E-state index is 13.7. The van der Waals surface area contributed by atoms with E-state index in [4.69, 9.17) is 9.47 Å². The zero-order valence-electron chi connectivity index (χ0n) is 22.5. The standard InChI is InChI=1S/C31H31N3O5/c1-30(2)16-23-27(24(35)17-30)28(33-22-10-6-5-9-21(22)32-23)20-14-19(34(36)37)12-13-25(20)38-26-11-7-8-18-15-31(3,4)39-29(18)26/h5-14,28,32-33H,15-17H2,1-4H3/t28-/m1/s1. The van der Waals surface area contributed by atoms with Crippen LogP contribution in [0.25, 0.3) is 0 Å². The second-order valence-electron chi connectivity index (χ2n) is 11.9. The van der Waals surface area contributed by atoms with Gasteiger partial charge in [0.15, 0.2) is 17.3 Å². The fraction of sp³-hybridized carbons (Fsp3) is 0.323. The van der Waals surface area contributed by atoms with E-state index in [2.05, 4.69) is 24.5 Å². The average molecular weight is 526 g/mol. The normalized spacial score (nSPS) is 20.4. The third-order valence-electron chi connectivity index (χ3n) is 7.51. The third kappa shape index (κ3) is 4.60. The van der Waals surface area contributed by atoms with Crippen molar-refractivity contribution in [1.29, 1.82) is 0 Å². The zero-order chi connectivity index (χ0) is 27.5. The number of fused-ring (bicyclic) bond motifs is 2. The molecule has 39 heavy (non-hydrogen) atoms. The van der Waals surface area contributed by atoms with Crippen LogP contribution < -0.4 is 20.1 Å². The number of ether oxygens (including phenoxy) is 2. The average Bonchev–Trinajstić information content (AvgIpc) is 3.08. The number of non-ortho nitro benzene ring substituents is 1. The van der Waals surface area contributed by atoms with Crippen LogP contribution in [-0.4, -0.2) is 16.3 Å². The molecule has 3 aromatic carbocycles. The first kappa shape index (κ1) is 25.0. The highest BCUT2D eigenvalue weighted by atomic mass is 16.6. The van der Waals surface area contributed by atoms with E-state index in [1.807, 2.05) is 56.3 Å². The summed E-state index contributed by atoms with van der Waals surface area (Å²) in [5, 5.41) is 18.9. The minimum atomic E-state index is -0.663. The van der Waals surface area contributed by atoms with Gasteiger partial charge in [-0.2, -0.15) is 0 Å². The number of carbonyl (C=O) groups excluding carboxylic acids is 1. The van der Waals surface area contributed by atoms with Gasteiger partial charge < -0.3 is 20.1 Å². The second kappa shape index (κ2) is 8.86. The topological polar surface area (TPSA) is 103 Å². The Bertz CT molecular complexity index is 1560. The molecule has 0 saturated carbocycles. The Labute approximate surface area is 227 Å². The SMILES string of the molecule is CC1(C)CC(=O)C2=C(C1)Nc1ccccc1N[C@@H]2c1cc([N+](=O)[O-])ccc1Oc1cccc2c1OC(C)(C)C2. The number of carbonyl (C=O) groups is 1. The molecule has 2 N–H and O–H groups in total. The van der Waals surface area contributed by atoms with Gasteiger partial charge in [-0.05, 0) is 49.9 Å². The van der Waals surface area contributed by atoms with Crippen molar-refractivity contribution in [2.24, 2.45) is 5.41 Å². The Morgan fingerprint density at radius 1 is 0.949 bits per heavy atom. The number of nitrogens with zero attached hydrogens (tertiary/aromatic N) is 1. The number of hydrogen-bond acceptors (Lipinski definition) is 7. The van der Waals surface area contributed by atoms with E-state index in [1.54, 1.807) is 6.07 Å². The molecule has 0 bridgehead atoms. The van der Waals surface area contributed by atoms with Gasteiger partial charge in [-0.3, -0.25) is 14.9 Å². The highest BCUT2D eigenvalue weighted by molar-refractivity contribution is 6.01. The fourth-order valence-electron chi connectivity index (χ4n) is 5.88. The van der Waals surface area contributed by atoms with E-state index in [-0.39, 0.29) is 22.5 Å². The monoisotopic (exact) mass is 525 g/mol. The molecular formula is C31H31N3O5. The number of ketones is 1. The molecule has 2 aliphatic heterocycles. The van der Waals surface area contributed by atoms with E-state index in [0.29, 0.717) is 41.2 Å². The molecule has 8 nitrogen and oxygen atoms in total. The minimum Gasteiger partial charge on any atom is -0.483 e. The summed E-state index contributed by atoms with van der Waals surface area (Å²) < 4.78 is 12.7. The smallest absolute Gasteiger partial charge is 0.270 e. The molecule has 0 aromatic heterocycles. The van der Waals surface area contributed by atoms with Gasteiger partial charge >= 0.3 is 0 Å². The summed E-state index contributed by atoms with van der Waals surface area (Å²) in [4.78, 5) is 25.1. The predicted molar refractivity (Wildman–Crippen MR) is 149 cm³/mol. The van der Waals surface area contributed by atoms with Gasteiger partial charge in [-0.25, -0.2) is 0 Å². The Hall–Kier alpha value is -4.33. The van der Waals surface area contributed by atoms with Crippen molar-refractivity contribution in [2.75, 3.05) is 10.6 Å². The van der Waals surface area contributed by atoms with Gasteiger partial charge in [0.25, 0.3) is 5.69 Å². The third-order valence-corrected chi connectivity index (χ3v) is 7.51. The zero-order valence-corrected chi connectivity index (χ0v) is 22.5. The lowest BCUT2D eigenvalue weighted by Crippen LogP contribution is -2.31. The Morgan fingerprint density at radius 3 is 2.49 bits per heavy atom. The van der Waals surface area contributed by atoms with E-state index >= 15 is 0 Å². The highest BCUT2D eigenvalue weighted by Gasteiger charge is 2.40. The molecule has 0 unspecified atom stereocenters. The van der Waals surface area contributed by atoms with Gasteiger partial charge in [0, 0.05) is 47.4 Å².